The molecule has 1 amide bonds. The van der Waals surface area contributed by atoms with E-state index in [0.717, 1.165) is 49.4 Å². The van der Waals surface area contributed by atoms with Crippen molar-refractivity contribution in [2.24, 2.45) is 17.8 Å². The van der Waals surface area contributed by atoms with Crippen molar-refractivity contribution in [2.75, 3.05) is 39.8 Å². The molecule has 42 heavy (non-hydrogen) atoms. The Bertz CT molecular complexity index is 1010. The van der Waals surface area contributed by atoms with Gasteiger partial charge in [-0.25, -0.2) is 0 Å². The van der Waals surface area contributed by atoms with Crippen LogP contribution in [0.1, 0.15) is 67.6 Å². The molecule has 3 atom stereocenters. The van der Waals surface area contributed by atoms with Crippen LogP contribution in [0.5, 0.6) is 0 Å². The maximum absolute atomic E-state index is 13.1. The molecule has 0 N–H and O–H groups in total. The van der Waals surface area contributed by atoms with Crippen LogP contribution in [-0.2, 0) is 30.0 Å². The van der Waals surface area contributed by atoms with Crippen LogP contribution in [0.3, 0.4) is 0 Å². The molecule has 2 fully saturated rings. The van der Waals surface area contributed by atoms with Crippen LogP contribution in [0.2, 0.25) is 0 Å². The summed E-state index contributed by atoms with van der Waals surface area (Å²) in [5, 5.41) is 0. The third-order valence-corrected chi connectivity index (χ3v) is 7.46. The second-order valence-corrected chi connectivity index (χ2v) is 10.8. The van der Waals surface area contributed by atoms with E-state index in [0.29, 0.717) is 17.8 Å². The minimum atomic E-state index is -0.250. The minimum Gasteiger partial charge on any atom is -0.491 e. The molecule has 0 aliphatic carbocycles. The Morgan fingerprint density at radius 2 is 1.38 bits per heavy atom. The number of carbonyl (C=O) groups is 2. The van der Waals surface area contributed by atoms with E-state index in [9.17, 15) is 9.59 Å². The van der Waals surface area contributed by atoms with Gasteiger partial charge in [0.2, 0.25) is 0 Å². The van der Waals surface area contributed by atoms with Crippen LogP contribution in [-0.4, -0.2) is 61.5 Å². The van der Waals surface area contributed by atoms with Gasteiger partial charge in [0.25, 0.3) is 5.91 Å². The van der Waals surface area contributed by atoms with Gasteiger partial charge >= 0.3 is 0 Å². The maximum atomic E-state index is 13.1. The zero-order chi connectivity index (χ0) is 30.2. The second-order valence-electron chi connectivity index (χ2n) is 10.8. The minimum absolute atomic E-state index is 0. The van der Waals surface area contributed by atoms with E-state index >= 15 is 0 Å². The molecule has 5 nitrogen and oxygen atoms in total. The van der Waals surface area contributed by atoms with E-state index in [1.807, 2.05) is 45.9 Å². The standard InChI is InChI=1S/C25H32N2O.C6H11O2.2C2H4.CH4.Re/c1-18(21-10-5-4-6-11-21)12-13-26-14-22-16-27(17-23(22)15-26)25(28)24-19(2)8-7-9-20(24)3;1-5(2)4-6(7)8-3;2*1-2;;/h4-11,18,22-23H,12-17H2,1-3H3;4-5H,1-3H3;2*1-2H2;1H4;/q;-1;;;;/t18-,22?,23?;;;;;/m0...../s1. The third kappa shape index (κ3) is 12.7. The van der Waals surface area contributed by atoms with Gasteiger partial charge in [-0.1, -0.05) is 76.7 Å². The van der Waals surface area contributed by atoms with Crippen molar-refractivity contribution in [3.05, 3.63) is 104 Å². The number of hydrogen-bond acceptors (Lipinski definition) is 4. The Labute approximate surface area is 271 Å². The number of esters is 1. The number of benzene rings is 2. The summed E-state index contributed by atoms with van der Waals surface area (Å²) in [5.74, 6) is 2.14. The number of amides is 1. The van der Waals surface area contributed by atoms with Crippen molar-refractivity contribution in [1.82, 2.24) is 9.80 Å². The molecule has 2 aliphatic heterocycles. The molecular weight excluding hydrogens is 695 g/mol. The summed E-state index contributed by atoms with van der Waals surface area (Å²) in [4.78, 5) is 28.2. The first-order chi connectivity index (χ1) is 19.2. The van der Waals surface area contributed by atoms with Crippen molar-refractivity contribution < 1.29 is 34.7 Å². The van der Waals surface area contributed by atoms with Gasteiger partial charge in [0.15, 0.2) is 5.97 Å². The van der Waals surface area contributed by atoms with Gasteiger partial charge in [0, 0.05) is 52.2 Å². The van der Waals surface area contributed by atoms with E-state index < -0.39 is 0 Å². The zero-order valence-electron chi connectivity index (χ0n) is 26.1. The van der Waals surface area contributed by atoms with Crippen molar-refractivity contribution in [3.8, 4) is 0 Å². The fraction of sp³-hybridized carbons (Fsp3) is 0.472. The van der Waals surface area contributed by atoms with Crippen LogP contribution in [0.15, 0.2) is 74.8 Å². The van der Waals surface area contributed by atoms with Crippen molar-refractivity contribution >= 4 is 11.9 Å². The molecule has 235 valence electrons. The summed E-state index contributed by atoms with van der Waals surface area (Å²) in [6.45, 7) is 27.6. The first kappa shape index (κ1) is 41.5. The molecular formula is C36H55N2O3Re-. The number of fused-ring (bicyclic) bond motifs is 1. The van der Waals surface area contributed by atoms with Gasteiger partial charge in [-0.15, -0.1) is 26.3 Å². The second kappa shape index (κ2) is 22.0. The number of hydrogen-bond donors (Lipinski definition) is 0. The summed E-state index contributed by atoms with van der Waals surface area (Å²) < 4.78 is 4.37. The van der Waals surface area contributed by atoms with Gasteiger partial charge in [0.05, 0.1) is 7.11 Å². The van der Waals surface area contributed by atoms with Crippen molar-refractivity contribution in [3.63, 3.8) is 0 Å². The molecule has 0 bridgehead atoms. The Kier molecular flexibility index (Phi) is 21.7. The van der Waals surface area contributed by atoms with Crippen LogP contribution in [0, 0.1) is 38.0 Å². The number of nitrogens with zero attached hydrogens (tertiary/aromatic N) is 2. The summed E-state index contributed by atoms with van der Waals surface area (Å²) in [5.41, 5.74) is 4.54. The van der Waals surface area contributed by atoms with Gasteiger partial charge in [-0.05, 0) is 61.3 Å². The normalized spacial score (nSPS) is 17.3. The van der Waals surface area contributed by atoms with Crippen molar-refractivity contribution in [1.29, 1.82) is 0 Å². The van der Waals surface area contributed by atoms with Crippen LogP contribution in [0.4, 0.5) is 0 Å². The molecule has 0 spiro atoms. The summed E-state index contributed by atoms with van der Waals surface area (Å²) in [6.07, 6.45) is 2.73. The molecule has 2 aliphatic rings. The van der Waals surface area contributed by atoms with Crippen LogP contribution < -0.4 is 0 Å². The van der Waals surface area contributed by atoms with Gasteiger partial charge in [0.1, 0.15) is 0 Å². The maximum Gasteiger partial charge on any atom is 0.254 e. The zero-order valence-corrected chi connectivity index (χ0v) is 28.8. The summed E-state index contributed by atoms with van der Waals surface area (Å²) in [6, 6.07) is 17.0. The predicted octanol–water partition coefficient (Wildman–Crippen LogP) is 7.76. The number of methoxy groups -OCH3 is 1. The molecule has 6 heteroatoms. The fourth-order valence-electron chi connectivity index (χ4n) is 5.41. The largest absolute Gasteiger partial charge is 0.491 e. The molecule has 0 saturated carbocycles. The SMILES string of the molecule is C.C=C.C=C.COC(=O)[CH-]C(C)C.Cc1cccc(C)c1C(=O)N1CC2CN(CC[C@H](C)c3ccccc3)CC2C1.[Re]. The molecule has 1 radical (unpaired) electrons. The Balaban J connectivity index is 0. The van der Waals surface area contributed by atoms with Crippen LogP contribution >= 0.6 is 0 Å². The Morgan fingerprint density at radius 1 is 0.881 bits per heavy atom. The topological polar surface area (TPSA) is 49.9 Å². The summed E-state index contributed by atoms with van der Waals surface area (Å²) in [7, 11) is 1.38. The van der Waals surface area contributed by atoms with E-state index in [4.69, 9.17) is 0 Å². The predicted molar refractivity (Wildman–Crippen MR) is 175 cm³/mol. The van der Waals surface area contributed by atoms with E-state index in [-0.39, 0.29) is 45.6 Å². The quantitative estimate of drug-likeness (QED) is 0.165. The number of likely N-dealkylation sites (tertiary alicyclic amines) is 2. The number of rotatable bonds is 7. The fourth-order valence-corrected chi connectivity index (χ4v) is 5.41. The van der Waals surface area contributed by atoms with Gasteiger partial charge < -0.3 is 14.5 Å². The average Bonchev–Trinajstić information content (AvgIpc) is 3.53. The average molecular weight is 750 g/mol. The number of aryl methyl sites for hydroxylation is 2. The smallest absolute Gasteiger partial charge is 0.254 e. The van der Waals surface area contributed by atoms with Crippen molar-refractivity contribution in [2.45, 2.75) is 54.4 Å². The molecule has 2 heterocycles. The first-order valence-corrected chi connectivity index (χ1v) is 14.2. The van der Waals surface area contributed by atoms with Gasteiger partial charge in [-0.3, -0.25) is 16.0 Å². The number of ether oxygens (including phenoxy) is 1. The molecule has 2 saturated heterocycles. The first-order valence-electron chi connectivity index (χ1n) is 14.2. The van der Waals surface area contributed by atoms with E-state index in [2.05, 4.69) is 78.1 Å². The molecule has 0 aromatic heterocycles. The Morgan fingerprint density at radius 3 is 1.81 bits per heavy atom. The molecule has 4 rings (SSSR count). The molecule has 2 aromatic rings. The van der Waals surface area contributed by atoms with E-state index in [1.165, 1.54) is 25.5 Å². The van der Waals surface area contributed by atoms with Gasteiger partial charge in [-0.2, -0.15) is 5.92 Å². The molecule has 2 unspecified atom stereocenters. The van der Waals surface area contributed by atoms with Crippen LogP contribution in [0.25, 0.3) is 0 Å². The summed E-state index contributed by atoms with van der Waals surface area (Å²) >= 11 is 0. The number of carbonyl (C=O) groups excluding carboxylic acids is 2. The Hall–Kier alpha value is -2.65. The molecule has 2 aromatic carbocycles. The van der Waals surface area contributed by atoms with E-state index in [1.54, 1.807) is 0 Å². The monoisotopic (exact) mass is 750 g/mol. The third-order valence-electron chi connectivity index (χ3n) is 7.46.